The zero-order valence-electron chi connectivity index (χ0n) is 10.8. The molecule has 0 bridgehead atoms. The van der Waals surface area contributed by atoms with E-state index in [-0.39, 0.29) is 0 Å². The van der Waals surface area contributed by atoms with Crippen molar-refractivity contribution in [1.82, 2.24) is 4.98 Å². The van der Waals surface area contributed by atoms with Crippen LogP contribution in [0.2, 0.25) is 0 Å². The van der Waals surface area contributed by atoms with Gasteiger partial charge in [0, 0.05) is 6.20 Å². The summed E-state index contributed by atoms with van der Waals surface area (Å²) in [6.07, 6.45) is 4.44. The number of aromatic nitrogens is 1. The number of hydrogen-bond acceptors (Lipinski definition) is 3. The lowest BCUT2D eigenvalue weighted by atomic mass is 9.72. The van der Waals surface area contributed by atoms with Gasteiger partial charge in [0.1, 0.15) is 17.0 Å². The fraction of sp³-hybridized carbons (Fsp3) is 0.643. The van der Waals surface area contributed by atoms with Crippen LogP contribution in [-0.2, 0) is 5.60 Å². The molecule has 1 heterocycles. The smallest absolute Gasteiger partial charge is 0.143 e. The molecule has 2 atom stereocenters. The molecule has 1 saturated carbocycles. The Morgan fingerprint density at radius 1 is 1.35 bits per heavy atom. The van der Waals surface area contributed by atoms with E-state index in [9.17, 15) is 5.11 Å². The maximum atomic E-state index is 10.9. The third-order valence-electron chi connectivity index (χ3n) is 3.61. The Morgan fingerprint density at radius 2 is 2.00 bits per heavy atom. The van der Waals surface area contributed by atoms with Crippen molar-refractivity contribution in [3.05, 3.63) is 24.0 Å². The molecule has 0 spiro atoms. The molecule has 3 heteroatoms. The van der Waals surface area contributed by atoms with Gasteiger partial charge in [-0.1, -0.05) is 13.8 Å². The Bertz CT molecular complexity index is 382. The molecule has 0 aromatic carbocycles. The lowest BCUT2D eigenvalue weighted by molar-refractivity contribution is -0.0413. The molecule has 17 heavy (non-hydrogen) atoms. The molecule has 2 unspecified atom stereocenters. The second-order valence-corrected chi connectivity index (χ2v) is 5.44. The summed E-state index contributed by atoms with van der Waals surface area (Å²) in [7, 11) is 1.62. The molecule has 1 aromatic heterocycles. The normalized spacial score (nSPS) is 33.4. The number of ether oxygens (including phenoxy) is 1. The SMILES string of the molecule is COc1cccnc1C1(O)CC(C)CC(C)C1. The second kappa shape index (κ2) is 4.65. The highest BCUT2D eigenvalue weighted by Gasteiger charge is 2.40. The van der Waals surface area contributed by atoms with E-state index in [4.69, 9.17) is 4.74 Å². The van der Waals surface area contributed by atoms with E-state index >= 15 is 0 Å². The third kappa shape index (κ3) is 2.44. The van der Waals surface area contributed by atoms with Crippen molar-refractivity contribution in [2.45, 2.75) is 38.7 Å². The van der Waals surface area contributed by atoms with Crippen molar-refractivity contribution < 1.29 is 9.84 Å². The molecule has 1 fully saturated rings. The van der Waals surface area contributed by atoms with E-state index in [1.165, 1.54) is 6.42 Å². The zero-order valence-corrected chi connectivity index (χ0v) is 10.8. The summed E-state index contributed by atoms with van der Waals surface area (Å²) in [4.78, 5) is 4.34. The summed E-state index contributed by atoms with van der Waals surface area (Å²) in [5.41, 5.74) is -0.134. The maximum absolute atomic E-state index is 10.9. The predicted molar refractivity (Wildman–Crippen MR) is 66.9 cm³/mol. The molecule has 1 aromatic rings. The van der Waals surface area contributed by atoms with Gasteiger partial charge >= 0.3 is 0 Å². The van der Waals surface area contributed by atoms with Crippen molar-refractivity contribution in [1.29, 1.82) is 0 Å². The monoisotopic (exact) mass is 235 g/mol. The van der Waals surface area contributed by atoms with Crippen molar-refractivity contribution in [2.75, 3.05) is 7.11 Å². The van der Waals surface area contributed by atoms with Crippen LogP contribution in [-0.4, -0.2) is 17.2 Å². The summed E-state index contributed by atoms with van der Waals surface area (Å²) < 4.78 is 5.31. The van der Waals surface area contributed by atoms with Gasteiger partial charge in [0.05, 0.1) is 7.11 Å². The Balaban J connectivity index is 2.36. The quantitative estimate of drug-likeness (QED) is 0.857. The van der Waals surface area contributed by atoms with Crippen molar-refractivity contribution in [3.8, 4) is 5.75 Å². The van der Waals surface area contributed by atoms with Crippen molar-refractivity contribution in [3.63, 3.8) is 0 Å². The van der Waals surface area contributed by atoms with Crippen LogP contribution >= 0.6 is 0 Å². The minimum atomic E-state index is -0.830. The first kappa shape index (κ1) is 12.4. The largest absolute Gasteiger partial charge is 0.495 e. The maximum Gasteiger partial charge on any atom is 0.143 e. The Hall–Kier alpha value is -1.09. The van der Waals surface area contributed by atoms with E-state index < -0.39 is 5.60 Å². The zero-order chi connectivity index (χ0) is 12.5. The topological polar surface area (TPSA) is 42.4 Å². The third-order valence-corrected chi connectivity index (χ3v) is 3.61. The molecule has 0 aliphatic heterocycles. The molecular formula is C14H21NO2. The molecule has 0 radical (unpaired) electrons. The highest BCUT2D eigenvalue weighted by Crippen LogP contribution is 2.44. The van der Waals surface area contributed by atoms with E-state index in [0.717, 1.165) is 12.8 Å². The minimum absolute atomic E-state index is 0.524. The Labute approximate surface area is 103 Å². The first-order valence-corrected chi connectivity index (χ1v) is 6.27. The van der Waals surface area contributed by atoms with E-state index in [1.807, 2.05) is 12.1 Å². The van der Waals surface area contributed by atoms with Crippen LogP contribution < -0.4 is 4.74 Å². The predicted octanol–water partition coefficient (Wildman–Crippen LogP) is 2.73. The summed E-state index contributed by atoms with van der Waals surface area (Å²) in [5.74, 6) is 1.74. The number of nitrogens with zero attached hydrogens (tertiary/aromatic N) is 1. The molecule has 0 saturated heterocycles. The van der Waals surface area contributed by atoms with Gasteiger partial charge in [-0.3, -0.25) is 4.98 Å². The summed E-state index contributed by atoms with van der Waals surface area (Å²) in [6.45, 7) is 4.38. The van der Waals surface area contributed by atoms with E-state index in [2.05, 4.69) is 18.8 Å². The van der Waals surface area contributed by atoms with Crippen LogP contribution in [0.3, 0.4) is 0 Å². The number of methoxy groups -OCH3 is 1. The Kier molecular flexibility index (Phi) is 3.38. The second-order valence-electron chi connectivity index (χ2n) is 5.44. The van der Waals surface area contributed by atoms with Crippen LogP contribution in [0.15, 0.2) is 18.3 Å². The average molecular weight is 235 g/mol. The first-order chi connectivity index (χ1) is 8.05. The standard InChI is InChI=1S/C14H21NO2/c1-10-7-11(2)9-14(16,8-10)13-12(17-3)5-4-6-15-13/h4-6,10-11,16H,7-9H2,1-3H3. The van der Waals surface area contributed by atoms with Crippen LogP contribution in [0.25, 0.3) is 0 Å². The summed E-state index contributed by atoms with van der Waals surface area (Å²) in [5, 5.41) is 10.9. The molecule has 0 amide bonds. The number of pyridine rings is 1. The highest BCUT2D eigenvalue weighted by molar-refractivity contribution is 5.32. The van der Waals surface area contributed by atoms with Gasteiger partial charge in [-0.05, 0) is 43.2 Å². The fourth-order valence-electron chi connectivity index (χ4n) is 3.19. The van der Waals surface area contributed by atoms with Gasteiger partial charge in [-0.25, -0.2) is 0 Å². The van der Waals surface area contributed by atoms with Gasteiger partial charge in [-0.15, -0.1) is 0 Å². The van der Waals surface area contributed by atoms with Crippen LogP contribution in [0.5, 0.6) is 5.75 Å². The van der Waals surface area contributed by atoms with Gasteiger partial charge in [0.2, 0.25) is 0 Å². The molecular weight excluding hydrogens is 214 g/mol. The van der Waals surface area contributed by atoms with Gasteiger partial charge in [-0.2, -0.15) is 0 Å². The van der Waals surface area contributed by atoms with Crippen molar-refractivity contribution >= 4 is 0 Å². The lowest BCUT2D eigenvalue weighted by Crippen LogP contribution is -2.36. The number of hydrogen-bond donors (Lipinski definition) is 1. The molecule has 94 valence electrons. The van der Waals surface area contributed by atoms with Gasteiger partial charge < -0.3 is 9.84 Å². The molecule has 1 aliphatic carbocycles. The number of rotatable bonds is 2. The fourth-order valence-corrected chi connectivity index (χ4v) is 3.19. The van der Waals surface area contributed by atoms with Crippen LogP contribution in [0.4, 0.5) is 0 Å². The molecule has 2 rings (SSSR count). The van der Waals surface area contributed by atoms with E-state index in [0.29, 0.717) is 23.3 Å². The molecule has 1 aliphatic rings. The first-order valence-electron chi connectivity index (χ1n) is 6.27. The van der Waals surface area contributed by atoms with Gasteiger partial charge in [0.15, 0.2) is 0 Å². The molecule has 1 N–H and O–H groups in total. The lowest BCUT2D eigenvalue weighted by Gasteiger charge is -2.38. The Morgan fingerprint density at radius 3 is 2.59 bits per heavy atom. The van der Waals surface area contributed by atoms with E-state index in [1.54, 1.807) is 13.3 Å². The van der Waals surface area contributed by atoms with Crippen LogP contribution in [0.1, 0.15) is 38.8 Å². The average Bonchev–Trinajstić information content (AvgIpc) is 2.27. The van der Waals surface area contributed by atoms with Gasteiger partial charge in [0.25, 0.3) is 0 Å². The summed E-state index contributed by atoms with van der Waals surface area (Å²) in [6, 6.07) is 3.70. The van der Waals surface area contributed by atoms with Crippen LogP contribution in [0, 0.1) is 11.8 Å². The number of aliphatic hydroxyl groups is 1. The highest BCUT2D eigenvalue weighted by atomic mass is 16.5. The molecule has 3 nitrogen and oxygen atoms in total. The van der Waals surface area contributed by atoms with Crippen molar-refractivity contribution in [2.24, 2.45) is 11.8 Å². The minimum Gasteiger partial charge on any atom is -0.495 e. The summed E-state index contributed by atoms with van der Waals surface area (Å²) >= 11 is 0.